The molecule has 21 heavy (non-hydrogen) atoms. The Kier molecular flexibility index (Phi) is 3.89. The first-order chi connectivity index (χ1) is 10.1. The van der Waals surface area contributed by atoms with Gasteiger partial charge in [-0.1, -0.05) is 6.07 Å². The van der Waals surface area contributed by atoms with Crippen molar-refractivity contribution < 1.29 is 14.3 Å². The summed E-state index contributed by atoms with van der Waals surface area (Å²) in [5.41, 5.74) is 1.29. The van der Waals surface area contributed by atoms with E-state index in [9.17, 15) is 4.79 Å². The second-order valence-electron chi connectivity index (χ2n) is 6.17. The molecule has 0 N–H and O–H groups in total. The predicted octanol–water partition coefficient (Wildman–Crippen LogP) is 2.47. The fourth-order valence-corrected chi connectivity index (χ4v) is 3.98. The van der Waals surface area contributed by atoms with E-state index in [1.54, 1.807) is 14.2 Å². The Morgan fingerprint density at radius 3 is 2.67 bits per heavy atom. The maximum absolute atomic E-state index is 11.7. The Labute approximate surface area is 126 Å². The van der Waals surface area contributed by atoms with E-state index in [0.29, 0.717) is 30.1 Å². The van der Waals surface area contributed by atoms with Crippen molar-refractivity contribution in [3.63, 3.8) is 0 Å². The Balaban J connectivity index is 1.88. The number of Topliss-reactive ketones (excluding diaryl/α,β-unsaturated/α-hetero) is 1. The van der Waals surface area contributed by atoms with Crippen molar-refractivity contribution in [3.05, 3.63) is 23.8 Å². The molecule has 0 spiro atoms. The standard InChI is InChI=1S/C17H23NO3/c1-18-10-14(13-6-5-12(19)9-15(13)18)11-4-7-16(20-2)17(8-11)21-3/h4,7-8,13-15H,5-6,9-10H2,1-3H3/t13?,14-,15?/m1/s1. The summed E-state index contributed by atoms with van der Waals surface area (Å²) in [5.74, 6) is 3.02. The summed E-state index contributed by atoms with van der Waals surface area (Å²) in [7, 11) is 5.46. The molecule has 3 rings (SSSR count). The van der Waals surface area contributed by atoms with Crippen LogP contribution >= 0.6 is 0 Å². The minimum atomic E-state index is 0.407. The lowest BCUT2D eigenvalue weighted by Crippen LogP contribution is -2.35. The molecule has 3 atom stereocenters. The van der Waals surface area contributed by atoms with Crippen LogP contribution in [0.25, 0.3) is 0 Å². The van der Waals surface area contributed by atoms with Gasteiger partial charge < -0.3 is 14.4 Å². The largest absolute Gasteiger partial charge is 0.493 e. The zero-order chi connectivity index (χ0) is 15.0. The van der Waals surface area contributed by atoms with Crippen LogP contribution in [0.3, 0.4) is 0 Å². The fraction of sp³-hybridized carbons (Fsp3) is 0.588. The molecular weight excluding hydrogens is 266 g/mol. The number of nitrogens with zero attached hydrogens (tertiary/aromatic N) is 1. The molecule has 0 amide bonds. The van der Waals surface area contributed by atoms with Gasteiger partial charge in [-0.15, -0.1) is 0 Å². The Hall–Kier alpha value is -1.55. The summed E-state index contributed by atoms with van der Waals surface area (Å²) >= 11 is 0. The maximum Gasteiger partial charge on any atom is 0.160 e. The number of hydrogen-bond donors (Lipinski definition) is 0. The molecule has 1 heterocycles. The van der Waals surface area contributed by atoms with Crippen molar-refractivity contribution in [2.24, 2.45) is 5.92 Å². The highest BCUT2D eigenvalue weighted by Crippen LogP contribution is 2.44. The van der Waals surface area contributed by atoms with E-state index in [1.807, 2.05) is 6.07 Å². The predicted molar refractivity (Wildman–Crippen MR) is 81.1 cm³/mol. The van der Waals surface area contributed by atoms with Gasteiger partial charge in [0.2, 0.25) is 0 Å². The highest BCUT2D eigenvalue weighted by molar-refractivity contribution is 5.80. The minimum Gasteiger partial charge on any atom is -0.493 e. The summed E-state index contributed by atoms with van der Waals surface area (Å²) in [4.78, 5) is 14.1. The SMILES string of the molecule is COc1ccc([C@H]2CN(C)C3CC(=O)CCC32)cc1OC. The van der Waals surface area contributed by atoms with E-state index in [2.05, 4.69) is 24.1 Å². The lowest BCUT2D eigenvalue weighted by molar-refractivity contribution is -0.122. The van der Waals surface area contributed by atoms with E-state index >= 15 is 0 Å². The molecule has 114 valence electrons. The van der Waals surface area contributed by atoms with Gasteiger partial charge in [0.05, 0.1) is 14.2 Å². The Morgan fingerprint density at radius 1 is 1.19 bits per heavy atom. The number of carbonyl (C=O) groups is 1. The zero-order valence-corrected chi connectivity index (χ0v) is 13.0. The van der Waals surface area contributed by atoms with Gasteiger partial charge in [0, 0.05) is 31.3 Å². The maximum atomic E-state index is 11.7. The van der Waals surface area contributed by atoms with Crippen LogP contribution in [0.1, 0.15) is 30.7 Å². The van der Waals surface area contributed by atoms with Gasteiger partial charge in [-0.05, 0) is 37.1 Å². The molecule has 0 bridgehead atoms. The van der Waals surface area contributed by atoms with Crippen LogP contribution in [0.2, 0.25) is 0 Å². The second-order valence-corrected chi connectivity index (χ2v) is 6.17. The Morgan fingerprint density at radius 2 is 1.95 bits per heavy atom. The molecule has 0 aromatic heterocycles. The van der Waals surface area contributed by atoms with Crippen LogP contribution in [-0.4, -0.2) is 44.5 Å². The third-order valence-corrected chi connectivity index (χ3v) is 5.09. The third-order valence-electron chi connectivity index (χ3n) is 5.09. The molecule has 4 nitrogen and oxygen atoms in total. The molecule has 1 aliphatic carbocycles. The highest BCUT2D eigenvalue weighted by atomic mass is 16.5. The van der Waals surface area contributed by atoms with Crippen molar-refractivity contribution in [3.8, 4) is 11.5 Å². The Bertz CT molecular complexity index is 543. The number of hydrogen-bond acceptors (Lipinski definition) is 4. The smallest absolute Gasteiger partial charge is 0.160 e. The third kappa shape index (κ3) is 2.53. The van der Waals surface area contributed by atoms with Gasteiger partial charge in [-0.2, -0.15) is 0 Å². The van der Waals surface area contributed by atoms with E-state index in [-0.39, 0.29) is 0 Å². The van der Waals surface area contributed by atoms with Crippen molar-refractivity contribution >= 4 is 5.78 Å². The fourth-order valence-electron chi connectivity index (χ4n) is 3.98. The molecule has 2 fully saturated rings. The summed E-state index contributed by atoms with van der Waals surface area (Å²) in [6.07, 6.45) is 2.45. The van der Waals surface area contributed by atoms with Gasteiger partial charge in [0.15, 0.2) is 11.5 Å². The van der Waals surface area contributed by atoms with Crippen molar-refractivity contribution in [1.82, 2.24) is 4.90 Å². The average Bonchev–Trinajstić information content (AvgIpc) is 2.83. The van der Waals surface area contributed by atoms with Gasteiger partial charge in [-0.3, -0.25) is 4.79 Å². The van der Waals surface area contributed by atoms with E-state index in [0.717, 1.165) is 30.9 Å². The lowest BCUT2D eigenvalue weighted by Gasteiger charge is -2.30. The number of likely N-dealkylation sites (N-methyl/N-ethyl adjacent to an activating group) is 1. The molecule has 1 aliphatic heterocycles. The van der Waals surface area contributed by atoms with Gasteiger partial charge >= 0.3 is 0 Å². The zero-order valence-electron chi connectivity index (χ0n) is 13.0. The van der Waals surface area contributed by atoms with Crippen LogP contribution in [0, 0.1) is 5.92 Å². The lowest BCUT2D eigenvalue weighted by atomic mass is 9.76. The first-order valence-electron chi connectivity index (χ1n) is 7.58. The molecule has 1 aromatic carbocycles. The summed E-state index contributed by atoms with van der Waals surface area (Å²) in [6, 6.07) is 6.62. The normalized spacial score (nSPS) is 29.3. The first kappa shape index (κ1) is 14.4. The van der Waals surface area contributed by atoms with Crippen molar-refractivity contribution in [1.29, 1.82) is 0 Å². The number of carbonyl (C=O) groups excluding carboxylic acids is 1. The molecule has 2 aliphatic rings. The van der Waals surface area contributed by atoms with Crippen LogP contribution in [0.4, 0.5) is 0 Å². The molecular formula is C17H23NO3. The number of benzene rings is 1. The molecule has 1 saturated heterocycles. The van der Waals surface area contributed by atoms with Crippen LogP contribution in [-0.2, 0) is 4.79 Å². The van der Waals surface area contributed by atoms with Crippen molar-refractivity contribution in [2.45, 2.75) is 31.2 Å². The topological polar surface area (TPSA) is 38.8 Å². The van der Waals surface area contributed by atoms with E-state index in [4.69, 9.17) is 9.47 Å². The number of methoxy groups -OCH3 is 2. The van der Waals surface area contributed by atoms with Gasteiger partial charge in [-0.25, -0.2) is 0 Å². The minimum absolute atomic E-state index is 0.407. The van der Waals surface area contributed by atoms with Crippen molar-refractivity contribution in [2.75, 3.05) is 27.8 Å². The van der Waals surface area contributed by atoms with Crippen LogP contribution < -0.4 is 9.47 Å². The monoisotopic (exact) mass is 289 g/mol. The molecule has 2 unspecified atom stereocenters. The summed E-state index contributed by atoms with van der Waals surface area (Å²) < 4.78 is 10.7. The molecule has 4 heteroatoms. The first-order valence-corrected chi connectivity index (χ1v) is 7.58. The summed E-state index contributed by atoms with van der Waals surface area (Å²) in [5, 5.41) is 0. The molecule has 1 saturated carbocycles. The number of fused-ring (bicyclic) bond motifs is 1. The van der Waals surface area contributed by atoms with Gasteiger partial charge in [0.25, 0.3) is 0 Å². The second kappa shape index (κ2) is 5.68. The molecule has 1 aromatic rings. The summed E-state index contributed by atoms with van der Waals surface area (Å²) in [6.45, 7) is 1.01. The highest BCUT2D eigenvalue weighted by Gasteiger charge is 2.43. The van der Waals surface area contributed by atoms with E-state index in [1.165, 1.54) is 5.56 Å². The van der Waals surface area contributed by atoms with Crippen LogP contribution in [0.15, 0.2) is 18.2 Å². The number of likely N-dealkylation sites (tertiary alicyclic amines) is 1. The molecule has 0 radical (unpaired) electrons. The van der Waals surface area contributed by atoms with Gasteiger partial charge in [0.1, 0.15) is 5.78 Å². The number of ketones is 1. The quantitative estimate of drug-likeness (QED) is 0.857. The van der Waals surface area contributed by atoms with E-state index < -0.39 is 0 Å². The number of rotatable bonds is 3. The average molecular weight is 289 g/mol. The number of ether oxygens (including phenoxy) is 2. The van der Waals surface area contributed by atoms with Crippen LogP contribution in [0.5, 0.6) is 11.5 Å².